The van der Waals surface area contributed by atoms with Crippen molar-refractivity contribution >= 4 is 21.6 Å². The predicted octanol–water partition coefficient (Wildman–Crippen LogP) is 0.875. The molecule has 2 atom stereocenters. The van der Waals surface area contributed by atoms with Crippen molar-refractivity contribution in [3.8, 4) is 0 Å². The lowest BCUT2D eigenvalue weighted by molar-refractivity contribution is 0.310. The molecule has 1 N–H and O–H groups in total. The number of nitrogens with one attached hydrogen (secondary N) is 1. The Kier molecular flexibility index (Phi) is 5.50. The van der Waals surface area contributed by atoms with Gasteiger partial charge in [0.1, 0.15) is 0 Å². The van der Waals surface area contributed by atoms with E-state index in [4.69, 9.17) is 11.6 Å². The number of rotatable bonds is 6. The molecule has 0 aromatic rings. The SMILES string of the molecule is CC(CCl)CS(=O)(=O)NCC1CCCN1C. The van der Waals surface area contributed by atoms with Crippen LogP contribution in [0, 0.1) is 5.92 Å². The quantitative estimate of drug-likeness (QED) is 0.728. The lowest BCUT2D eigenvalue weighted by atomic mass is 10.2. The van der Waals surface area contributed by atoms with Crippen LogP contribution in [0.2, 0.25) is 0 Å². The van der Waals surface area contributed by atoms with Gasteiger partial charge in [0.2, 0.25) is 10.0 Å². The first-order valence-corrected chi connectivity index (χ1v) is 7.87. The fourth-order valence-corrected chi connectivity index (χ4v) is 3.61. The Morgan fingerprint density at radius 1 is 1.56 bits per heavy atom. The molecule has 96 valence electrons. The van der Waals surface area contributed by atoms with Gasteiger partial charge in [0, 0.05) is 18.5 Å². The van der Waals surface area contributed by atoms with E-state index in [-0.39, 0.29) is 11.7 Å². The van der Waals surface area contributed by atoms with Crippen LogP contribution in [0.25, 0.3) is 0 Å². The minimum absolute atomic E-state index is 0.000439. The van der Waals surface area contributed by atoms with Crippen molar-refractivity contribution in [2.24, 2.45) is 5.92 Å². The predicted molar refractivity (Wildman–Crippen MR) is 67.3 cm³/mol. The van der Waals surface area contributed by atoms with Gasteiger partial charge in [-0.1, -0.05) is 6.92 Å². The smallest absolute Gasteiger partial charge is 0.211 e. The van der Waals surface area contributed by atoms with Crippen LogP contribution >= 0.6 is 11.6 Å². The van der Waals surface area contributed by atoms with Crippen molar-refractivity contribution in [1.29, 1.82) is 0 Å². The van der Waals surface area contributed by atoms with Gasteiger partial charge in [-0.15, -0.1) is 11.6 Å². The first-order valence-electron chi connectivity index (χ1n) is 5.68. The Morgan fingerprint density at radius 2 is 2.25 bits per heavy atom. The highest BCUT2D eigenvalue weighted by atomic mass is 35.5. The summed E-state index contributed by atoms with van der Waals surface area (Å²) in [6.07, 6.45) is 2.23. The number of likely N-dealkylation sites (tertiary alicyclic amines) is 1. The Balaban J connectivity index is 2.35. The second-order valence-electron chi connectivity index (χ2n) is 4.67. The Hall–Kier alpha value is 0.160. The number of hydrogen-bond donors (Lipinski definition) is 1. The molecule has 1 aliphatic heterocycles. The molecule has 0 spiro atoms. The Labute approximate surface area is 103 Å². The molecular weight excluding hydrogens is 248 g/mol. The third-order valence-electron chi connectivity index (χ3n) is 2.98. The molecule has 1 saturated heterocycles. The van der Waals surface area contributed by atoms with E-state index in [9.17, 15) is 8.42 Å². The van der Waals surface area contributed by atoms with Crippen molar-refractivity contribution in [3.05, 3.63) is 0 Å². The summed E-state index contributed by atoms with van der Waals surface area (Å²) in [5.74, 6) is 0.498. The van der Waals surface area contributed by atoms with E-state index in [1.54, 1.807) is 0 Å². The van der Waals surface area contributed by atoms with E-state index in [1.165, 1.54) is 0 Å². The molecule has 0 aliphatic carbocycles. The summed E-state index contributed by atoms with van der Waals surface area (Å²) >= 11 is 5.61. The first-order chi connectivity index (χ1) is 7.44. The molecule has 1 rings (SSSR count). The van der Waals surface area contributed by atoms with E-state index >= 15 is 0 Å². The molecule has 0 saturated carbocycles. The maximum absolute atomic E-state index is 11.7. The third kappa shape index (κ3) is 4.57. The standard InChI is InChI=1S/C10H21ClN2O2S/c1-9(6-11)8-16(14,15)12-7-10-4-3-5-13(10)2/h9-10,12H,3-8H2,1-2H3. The lowest BCUT2D eigenvalue weighted by Gasteiger charge is -2.20. The van der Waals surface area contributed by atoms with E-state index < -0.39 is 10.0 Å². The highest BCUT2D eigenvalue weighted by Crippen LogP contribution is 2.14. The van der Waals surface area contributed by atoms with Crippen LogP contribution in [0.15, 0.2) is 0 Å². The van der Waals surface area contributed by atoms with E-state index in [1.807, 2.05) is 14.0 Å². The minimum atomic E-state index is -3.16. The summed E-state index contributed by atoms with van der Waals surface area (Å²) in [5.41, 5.74) is 0. The van der Waals surface area contributed by atoms with Crippen LogP contribution in [0.1, 0.15) is 19.8 Å². The Morgan fingerprint density at radius 3 is 2.75 bits per heavy atom. The maximum atomic E-state index is 11.7. The fraction of sp³-hybridized carbons (Fsp3) is 1.00. The number of hydrogen-bond acceptors (Lipinski definition) is 3. The number of likely N-dealkylation sites (N-methyl/N-ethyl adjacent to an activating group) is 1. The second-order valence-corrected chi connectivity index (χ2v) is 6.83. The van der Waals surface area contributed by atoms with Crippen LogP contribution < -0.4 is 4.72 Å². The normalized spacial score (nSPS) is 24.8. The zero-order chi connectivity index (χ0) is 12.2. The molecule has 0 aromatic carbocycles. The van der Waals surface area contributed by atoms with E-state index in [0.29, 0.717) is 18.5 Å². The van der Waals surface area contributed by atoms with Crippen LogP contribution in [-0.2, 0) is 10.0 Å². The zero-order valence-corrected chi connectivity index (χ0v) is 11.5. The third-order valence-corrected chi connectivity index (χ3v) is 5.12. The van der Waals surface area contributed by atoms with Crippen LogP contribution in [0.5, 0.6) is 0 Å². The summed E-state index contributed by atoms with van der Waals surface area (Å²) in [6, 6.07) is 0.348. The zero-order valence-electron chi connectivity index (χ0n) is 9.95. The average molecular weight is 269 g/mol. The summed E-state index contributed by atoms with van der Waals surface area (Å²) in [6.45, 7) is 3.42. The number of nitrogens with zero attached hydrogens (tertiary/aromatic N) is 1. The van der Waals surface area contributed by atoms with Gasteiger partial charge in [0.05, 0.1) is 5.75 Å². The number of halogens is 1. The molecule has 6 heteroatoms. The van der Waals surface area contributed by atoms with Gasteiger partial charge >= 0.3 is 0 Å². The van der Waals surface area contributed by atoms with Crippen molar-refractivity contribution < 1.29 is 8.42 Å². The molecule has 1 heterocycles. The molecular formula is C10H21ClN2O2S. The van der Waals surface area contributed by atoms with Crippen LogP contribution in [0.4, 0.5) is 0 Å². The maximum Gasteiger partial charge on any atom is 0.211 e. The van der Waals surface area contributed by atoms with Crippen molar-refractivity contribution in [3.63, 3.8) is 0 Å². The summed E-state index contributed by atoms with van der Waals surface area (Å²) in [7, 11) is -1.13. The van der Waals surface area contributed by atoms with Crippen molar-refractivity contribution in [2.45, 2.75) is 25.8 Å². The molecule has 2 unspecified atom stereocenters. The molecule has 0 amide bonds. The summed E-state index contributed by atoms with van der Waals surface area (Å²) in [4.78, 5) is 2.20. The van der Waals surface area contributed by atoms with Gasteiger partial charge in [0.25, 0.3) is 0 Å². The fourth-order valence-electron chi connectivity index (χ4n) is 1.94. The van der Waals surface area contributed by atoms with Crippen molar-refractivity contribution in [1.82, 2.24) is 9.62 Å². The summed E-state index contributed by atoms with van der Waals surface area (Å²) in [5, 5.41) is 0. The topological polar surface area (TPSA) is 49.4 Å². The van der Waals surface area contributed by atoms with Crippen molar-refractivity contribution in [2.75, 3.05) is 31.8 Å². The lowest BCUT2D eigenvalue weighted by Crippen LogP contribution is -2.40. The number of sulfonamides is 1. The van der Waals surface area contributed by atoms with Gasteiger partial charge in [0.15, 0.2) is 0 Å². The monoisotopic (exact) mass is 268 g/mol. The van der Waals surface area contributed by atoms with E-state index in [2.05, 4.69) is 9.62 Å². The highest BCUT2D eigenvalue weighted by molar-refractivity contribution is 7.89. The largest absolute Gasteiger partial charge is 0.302 e. The molecule has 4 nitrogen and oxygen atoms in total. The van der Waals surface area contributed by atoms with Gasteiger partial charge < -0.3 is 4.90 Å². The van der Waals surface area contributed by atoms with Crippen LogP contribution in [-0.4, -0.2) is 51.1 Å². The minimum Gasteiger partial charge on any atom is -0.302 e. The van der Waals surface area contributed by atoms with E-state index in [0.717, 1.165) is 19.4 Å². The molecule has 1 fully saturated rings. The first kappa shape index (κ1) is 14.2. The molecule has 0 radical (unpaired) electrons. The second kappa shape index (κ2) is 6.19. The number of alkyl halides is 1. The van der Waals surface area contributed by atoms with Gasteiger partial charge in [-0.05, 0) is 32.4 Å². The molecule has 0 bridgehead atoms. The molecule has 16 heavy (non-hydrogen) atoms. The molecule has 1 aliphatic rings. The average Bonchev–Trinajstić information content (AvgIpc) is 2.60. The van der Waals surface area contributed by atoms with Gasteiger partial charge in [-0.2, -0.15) is 0 Å². The summed E-state index contributed by atoms with van der Waals surface area (Å²) < 4.78 is 26.0. The molecule has 0 aromatic heterocycles. The van der Waals surface area contributed by atoms with Gasteiger partial charge in [-0.3, -0.25) is 0 Å². The Bertz CT molecular complexity index is 308. The van der Waals surface area contributed by atoms with Gasteiger partial charge in [-0.25, -0.2) is 13.1 Å². The van der Waals surface area contributed by atoms with Crippen LogP contribution in [0.3, 0.4) is 0 Å². The highest BCUT2D eigenvalue weighted by Gasteiger charge is 2.23.